The highest BCUT2D eigenvalue weighted by Crippen LogP contribution is 2.58. The topological polar surface area (TPSA) is 63.6 Å². The molecule has 2 aromatic rings. The lowest BCUT2D eigenvalue weighted by atomic mass is 10.1. The maximum Gasteiger partial charge on any atom is 0.320 e. The monoisotopic (exact) mass is 332 g/mol. The minimum atomic E-state index is -3.30. The molecule has 108 valence electrons. The van der Waals surface area contributed by atoms with Crippen LogP contribution in [0.4, 0.5) is 0 Å². The largest absolute Gasteiger partial charge is 0.480 e. The van der Waals surface area contributed by atoms with Crippen LogP contribution in [0.5, 0.6) is 0 Å². The van der Waals surface area contributed by atoms with Gasteiger partial charge >= 0.3 is 5.97 Å². The van der Waals surface area contributed by atoms with E-state index >= 15 is 0 Å². The Labute approximate surface area is 125 Å². The molecule has 7 heteroatoms. The van der Waals surface area contributed by atoms with E-state index in [4.69, 9.17) is 16.1 Å². The molecule has 1 heterocycles. The lowest BCUT2D eigenvalue weighted by Crippen LogP contribution is -2.13. The van der Waals surface area contributed by atoms with Gasteiger partial charge in [0.05, 0.1) is 6.61 Å². The molecule has 0 aliphatic carbocycles. The van der Waals surface area contributed by atoms with Crippen molar-refractivity contribution in [3.05, 3.63) is 34.2 Å². The van der Waals surface area contributed by atoms with Crippen LogP contribution in [0.25, 0.3) is 10.1 Å². The second-order valence-electron chi connectivity index (χ2n) is 4.40. The van der Waals surface area contributed by atoms with E-state index in [0.29, 0.717) is 10.6 Å². The average molecular weight is 333 g/mol. The standard InChI is InChI=1S/C13H14ClO4PS/c1-3-18-19(2,17)12(13(15)16)10-7-20-11-5-4-8(14)6-9(10)11/h4-7,12H,3H2,1-2H3,(H,15,16)/t12-,19+/m0/s1. The lowest BCUT2D eigenvalue weighted by Gasteiger charge is -2.20. The predicted molar refractivity (Wildman–Crippen MR) is 82.4 cm³/mol. The summed E-state index contributed by atoms with van der Waals surface area (Å²) >= 11 is 7.37. The summed E-state index contributed by atoms with van der Waals surface area (Å²) in [5.41, 5.74) is -0.672. The first-order valence-corrected chi connectivity index (χ1v) is 9.38. The number of hydrogen-bond acceptors (Lipinski definition) is 4. The maximum absolute atomic E-state index is 12.6. The Morgan fingerprint density at radius 2 is 2.25 bits per heavy atom. The molecule has 0 saturated heterocycles. The normalized spacial score (nSPS) is 15.9. The van der Waals surface area contributed by atoms with Crippen molar-refractivity contribution in [3.63, 3.8) is 0 Å². The third-order valence-electron chi connectivity index (χ3n) is 2.95. The molecule has 0 saturated carbocycles. The molecule has 20 heavy (non-hydrogen) atoms. The summed E-state index contributed by atoms with van der Waals surface area (Å²) in [4.78, 5) is 11.6. The molecule has 1 aromatic carbocycles. The summed E-state index contributed by atoms with van der Waals surface area (Å²) < 4.78 is 18.7. The van der Waals surface area contributed by atoms with Gasteiger partial charge in [-0.3, -0.25) is 9.36 Å². The third-order valence-corrected chi connectivity index (χ3v) is 6.37. The minimum Gasteiger partial charge on any atom is -0.480 e. The Bertz CT molecular complexity index is 697. The molecule has 0 unspecified atom stereocenters. The maximum atomic E-state index is 12.6. The molecule has 0 aliphatic heterocycles. The van der Waals surface area contributed by atoms with Crippen LogP contribution >= 0.6 is 30.3 Å². The molecule has 1 aromatic heterocycles. The fraction of sp³-hybridized carbons (Fsp3) is 0.308. The van der Waals surface area contributed by atoms with Gasteiger partial charge in [0, 0.05) is 16.4 Å². The van der Waals surface area contributed by atoms with Crippen molar-refractivity contribution >= 4 is 46.4 Å². The second kappa shape index (κ2) is 5.86. The Morgan fingerprint density at radius 3 is 2.85 bits per heavy atom. The van der Waals surface area contributed by atoms with E-state index in [1.165, 1.54) is 18.0 Å². The highest BCUT2D eigenvalue weighted by Gasteiger charge is 2.38. The van der Waals surface area contributed by atoms with E-state index in [1.807, 2.05) is 6.07 Å². The van der Waals surface area contributed by atoms with Crippen LogP contribution in [0.3, 0.4) is 0 Å². The van der Waals surface area contributed by atoms with Gasteiger partial charge in [0.15, 0.2) is 5.66 Å². The average Bonchev–Trinajstić information content (AvgIpc) is 2.71. The van der Waals surface area contributed by atoms with Gasteiger partial charge in [-0.1, -0.05) is 11.6 Å². The van der Waals surface area contributed by atoms with Crippen molar-refractivity contribution in [2.24, 2.45) is 0 Å². The van der Waals surface area contributed by atoms with Gasteiger partial charge in [-0.25, -0.2) is 0 Å². The van der Waals surface area contributed by atoms with E-state index in [-0.39, 0.29) is 6.61 Å². The summed E-state index contributed by atoms with van der Waals surface area (Å²) in [6, 6.07) is 5.27. The fourth-order valence-electron chi connectivity index (χ4n) is 2.15. The molecule has 4 nitrogen and oxygen atoms in total. The first-order chi connectivity index (χ1) is 9.36. The SMILES string of the molecule is CCO[P@@](C)(=O)[C@H](C(=O)O)c1csc2ccc(Cl)cc12. The summed E-state index contributed by atoms with van der Waals surface area (Å²) in [6.45, 7) is 3.27. The Hall–Kier alpha value is -0.870. The van der Waals surface area contributed by atoms with Gasteiger partial charge < -0.3 is 9.63 Å². The van der Waals surface area contributed by atoms with Crippen molar-refractivity contribution in [2.75, 3.05) is 13.3 Å². The van der Waals surface area contributed by atoms with Crippen LogP contribution in [-0.2, 0) is 13.9 Å². The Balaban J connectivity index is 2.61. The first-order valence-electron chi connectivity index (χ1n) is 5.98. The van der Waals surface area contributed by atoms with Crippen LogP contribution in [0.15, 0.2) is 23.6 Å². The smallest absolute Gasteiger partial charge is 0.320 e. The third kappa shape index (κ3) is 2.91. The molecule has 0 amide bonds. The minimum absolute atomic E-state index is 0.209. The molecule has 1 N–H and O–H groups in total. The molecule has 0 aliphatic rings. The van der Waals surface area contributed by atoms with Gasteiger partial charge in [-0.15, -0.1) is 11.3 Å². The number of carbonyl (C=O) groups is 1. The zero-order valence-corrected chi connectivity index (χ0v) is 13.5. The number of thiophene rings is 1. The van der Waals surface area contributed by atoms with Crippen LogP contribution < -0.4 is 0 Å². The van der Waals surface area contributed by atoms with Gasteiger partial charge in [-0.2, -0.15) is 0 Å². The van der Waals surface area contributed by atoms with Crippen molar-refractivity contribution in [2.45, 2.75) is 12.6 Å². The zero-order chi connectivity index (χ0) is 14.9. The quantitative estimate of drug-likeness (QED) is 0.811. The van der Waals surface area contributed by atoms with E-state index < -0.39 is 19.0 Å². The fourth-order valence-corrected chi connectivity index (χ4v) is 5.17. The van der Waals surface area contributed by atoms with Crippen molar-refractivity contribution in [1.29, 1.82) is 0 Å². The van der Waals surface area contributed by atoms with Crippen LogP contribution in [0.1, 0.15) is 18.1 Å². The second-order valence-corrected chi connectivity index (χ2v) is 8.34. The van der Waals surface area contributed by atoms with Crippen LogP contribution in [-0.4, -0.2) is 24.3 Å². The van der Waals surface area contributed by atoms with Crippen LogP contribution in [0, 0.1) is 0 Å². The molecular formula is C13H14ClO4PS. The Kier molecular flexibility index (Phi) is 4.55. The van der Waals surface area contributed by atoms with Gasteiger partial charge in [0.1, 0.15) is 0 Å². The molecule has 0 fully saturated rings. The van der Waals surface area contributed by atoms with Gasteiger partial charge in [0.25, 0.3) is 0 Å². The first kappa shape index (κ1) is 15.5. The van der Waals surface area contributed by atoms with Crippen molar-refractivity contribution in [3.8, 4) is 0 Å². The molecular weight excluding hydrogens is 319 g/mol. The van der Waals surface area contributed by atoms with Crippen molar-refractivity contribution in [1.82, 2.24) is 0 Å². The highest BCUT2D eigenvalue weighted by molar-refractivity contribution is 7.59. The summed E-state index contributed by atoms with van der Waals surface area (Å²) in [5, 5.41) is 12.4. The number of halogens is 1. The number of hydrogen-bond donors (Lipinski definition) is 1. The predicted octanol–water partition coefficient (Wildman–Crippen LogP) is 4.62. The Morgan fingerprint density at radius 1 is 1.55 bits per heavy atom. The molecule has 0 bridgehead atoms. The van der Waals surface area contributed by atoms with E-state index in [0.717, 1.165) is 10.1 Å². The number of benzene rings is 1. The zero-order valence-electron chi connectivity index (χ0n) is 11.0. The highest BCUT2D eigenvalue weighted by atomic mass is 35.5. The van der Waals surface area contributed by atoms with Crippen LogP contribution in [0.2, 0.25) is 5.02 Å². The van der Waals surface area contributed by atoms with Crippen molar-refractivity contribution < 1.29 is 19.0 Å². The molecule has 2 rings (SSSR count). The number of rotatable bonds is 5. The van der Waals surface area contributed by atoms with E-state index in [2.05, 4.69) is 0 Å². The van der Waals surface area contributed by atoms with Gasteiger partial charge in [0.2, 0.25) is 7.37 Å². The molecule has 0 radical (unpaired) electrons. The lowest BCUT2D eigenvalue weighted by molar-refractivity contribution is -0.136. The van der Waals surface area contributed by atoms with Gasteiger partial charge in [-0.05, 0) is 41.5 Å². The number of carboxylic acid groups (broad SMARTS) is 1. The number of carboxylic acids is 1. The summed E-state index contributed by atoms with van der Waals surface area (Å²) in [6.07, 6.45) is 0. The summed E-state index contributed by atoms with van der Waals surface area (Å²) in [5.74, 6) is -1.15. The number of fused-ring (bicyclic) bond motifs is 1. The molecule has 2 atom stereocenters. The molecule has 0 spiro atoms. The summed E-state index contributed by atoms with van der Waals surface area (Å²) in [7, 11) is -3.30. The van der Waals surface area contributed by atoms with E-state index in [9.17, 15) is 14.5 Å². The van der Waals surface area contributed by atoms with E-state index in [1.54, 1.807) is 24.4 Å². The number of aliphatic carboxylic acids is 1.